The van der Waals surface area contributed by atoms with Gasteiger partial charge in [0, 0.05) is 39.1 Å². The summed E-state index contributed by atoms with van der Waals surface area (Å²) < 4.78 is 4.11. The van der Waals surface area contributed by atoms with Gasteiger partial charge in [0.1, 0.15) is 12.4 Å². The zero-order valence-corrected chi connectivity index (χ0v) is 14.3. The smallest absolute Gasteiger partial charge is 0.191 e. The Kier molecular flexibility index (Phi) is 6.65. The molecular formula is C16H27N7. The summed E-state index contributed by atoms with van der Waals surface area (Å²) >= 11 is 0. The molecule has 0 bridgehead atoms. The van der Waals surface area contributed by atoms with Gasteiger partial charge in [-0.3, -0.25) is 0 Å². The summed E-state index contributed by atoms with van der Waals surface area (Å²) in [5.41, 5.74) is 0. The SMILES string of the molecule is CCCCNC(=NCc1nnc(C)n1C)NCCn1cccc1. The standard InChI is InChI=1S/C16H27N7/c1-4-5-8-17-16(18-9-12-23-10-6-7-11-23)19-13-15-21-20-14(2)22(15)3/h6-7,10-11H,4-5,8-9,12-13H2,1-3H3,(H2,17,18,19). The monoisotopic (exact) mass is 317 g/mol. The van der Waals surface area contributed by atoms with E-state index in [1.807, 2.05) is 30.7 Å². The van der Waals surface area contributed by atoms with E-state index in [4.69, 9.17) is 0 Å². The molecule has 2 N–H and O–H groups in total. The number of rotatable bonds is 8. The molecule has 7 heteroatoms. The van der Waals surface area contributed by atoms with Gasteiger partial charge in [0.25, 0.3) is 0 Å². The van der Waals surface area contributed by atoms with Gasteiger partial charge in [-0.15, -0.1) is 10.2 Å². The first-order valence-electron chi connectivity index (χ1n) is 8.18. The normalized spacial score (nSPS) is 11.7. The molecule has 0 radical (unpaired) electrons. The zero-order chi connectivity index (χ0) is 16.5. The van der Waals surface area contributed by atoms with Gasteiger partial charge in [-0.1, -0.05) is 13.3 Å². The van der Waals surface area contributed by atoms with Crippen LogP contribution in [0.5, 0.6) is 0 Å². The first kappa shape index (κ1) is 17.1. The quantitative estimate of drug-likeness (QED) is 0.439. The van der Waals surface area contributed by atoms with Crippen molar-refractivity contribution in [1.29, 1.82) is 0 Å². The topological polar surface area (TPSA) is 72.1 Å². The predicted octanol–water partition coefficient (Wildman–Crippen LogP) is 1.46. The Morgan fingerprint density at radius 1 is 1.17 bits per heavy atom. The van der Waals surface area contributed by atoms with Crippen LogP contribution in [0.4, 0.5) is 0 Å². The van der Waals surface area contributed by atoms with Crippen LogP contribution < -0.4 is 10.6 Å². The first-order valence-corrected chi connectivity index (χ1v) is 8.18. The largest absolute Gasteiger partial charge is 0.356 e. The number of aryl methyl sites for hydroxylation is 1. The molecule has 0 spiro atoms. The molecule has 2 aromatic heterocycles. The van der Waals surface area contributed by atoms with Crippen LogP contribution in [-0.4, -0.2) is 38.4 Å². The van der Waals surface area contributed by atoms with Gasteiger partial charge in [-0.2, -0.15) is 0 Å². The highest BCUT2D eigenvalue weighted by Gasteiger charge is 2.05. The number of nitrogens with zero attached hydrogens (tertiary/aromatic N) is 5. The number of aliphatic imine (C=N–C) groups is 1. The molecule has 0 unspecified atom stereocenters. The summed E-state index contributed by atoms with van der Waals surface area (Å²) in [6.07, 6.45) is 6.41. The van der Waals surface area contributed by atoms with Gasteiger partial charge in [-0.25, -0.2) is 4.99 Å². The van der Waals surface area contributed by atoms with Gasteiger partial charge in [0.05, 0.1) is 0 Å². The van der Waals surface area contributed by atoms with Crippen molar-refractivity contribution in [2.45, 2.75) is 39.8 Å². The summed E-state index contributed by atoms with van der Waals surface area (Å²) in [6, 6.07) is 4.07. The average Bonchev–Trinajstić information content (AvgIpc) is 3.17. The third kappa shape index (κ3) is 5.43. The average molecular weight is 317 g/mol. The molecule has 2 aromatic rings. The third-order valence-corrected chi connectivity index (χ3v) is 3.71. The van der Waals surface area contributed by atoms with E-state index in [0.717, 1.165) is 50.1 Å². The predicted molar refractivity (Wildman–Crippen MR) is 92.2 cm³/mol. The summed E-state index contributed by atoms with van der Waals surface area (Å²) in [5.74, 6) is 2.59. The molecule has 0 aliphatic rings. The minimum Gasteiger partial charge on any atom is -0.356 e. The maximum absolute atomic E-state index is 4.62. The van der Waals surface area contributed by atoms with Crippen molar-refractivity contribution >= 4 is 5.96 Å². The van der Waals surface area contributed by atoms with Crippen LogP contribution in [-0.2, 0) is 20.1 Å². The van der Waals surface area contributed by atoms with E-state index in [1.165, 1.54) is 0 Å². The molecule has 0 saturated heterocycles. The molecule has 126 valence electrons. The fourth-order valence-electron chi connectivity index (χ4n) is 2.12. The maximum atomic E-state index is 4.62. The van der Waals surface area contributed by atoms with Crippen LogP contribution in [0.25, 0.3) is 0 Å². The number of hydrogen-bond acceptors (Lipinski definition) is 3. The van der Waals surface area contributed by atoms with E-state index >= 15 is 0 Å². The van der Waals surface area contributed by atoms with Gasteiger partial charge < -0.3 is 19.8 Å². The van der Waals surface area contributed by atoms with E-state index < -0.39 is 0 Å². The summed E-state index contributed by atoms with van der Waals surface area (Å²) in [6.45, 7) is 7.29. The number of aromatic nitrogens is 4. The number of nitrogens with one attached hydrogen (secondary N) is 2. The summed E-state index contributed by atoms with van der Waals surface area (Å²) in [7, 11) is 1.96. The lowest BCUT2D eigenvalue weighted by Crippen LogP contribution is -2.39. The molecule has 2 rings (SSSR count). The van der Waals surface area contributed by atoms with E-state index in [2.05, 4.69) is 49.7 Å². The van der Waals surface area contributed by atoms with Crippen LogP contribution in [0, 0.1) is 6.92 Å². The second-order valence-corrected chi connectivity index (χ2v) is 5.52. The molecule has 0 aromatic carbocycles. The third-order valence-electron chi connectivity index (χ3n) is 3.71. The Hall–Kier alpha value is -2.31. The van der Waals surface area contributed by atoms with E-state index in [0.29, 0.717) is 6.54 Å². The first-order chi connectivity index (χ1) is 11.2. The molecule has 23 heavy (non-hydrogen) atoms. The van der Waals surface area contributed by atoms with E-state index in [1.54, 1.807) is 0 Å². The molecule has 0 aliphatic heterocycles. The van der Waals surface area contributed by atoms with Crippen LogP contribution in [0.3, 0.4) is 0 Å². The fourth-order valence-corrected chi connectivity index (χ4v) is 2.12. The van der Waals surface area contributed by atoms with Gasteiger partial charge >= 0.3 is 0 Å². The summed E-state index contributed by atoms with van der Waals surface area (Å²) in [5, 5.41) is 15.0. The highest BCUT2D eigenvalue weighted by atomic mass is 15.3. The number of hydrogen-bond donors (Lipinski definition) is 2. The van der Waals surface area contributed by atoms with Crippen molar-refractivity contribution in [3.8, 4) is 0 Å². The molecule has 2 heterocycles. The van der Waals surface area contributed by atoms with Crippen molar-refractivity contribution in [2.75, 3.05) is 13.1 Å². The Bertz CT molecular complexity index is 598. The van der Waals surface area contributed by atoms with Crippen LogP contribution >= 0.6 is 0 Å². The lowest BCUT2D eigenvalue weighted by Gasteiger charge is -2.12. The van der Waals surface area contributed by atoms with Crippen LogP contribution in [0.1, 0.15) is 31.4 Å². The molecule has 0 amide bonds. The number of guanidine groups is 1. The number of unbranched alkanes of at least 4 members (excludes halogenated alkanes) is 1. The van der Waals surface area contributed by atoms with Crippen molar-refractivity contribution in [2.24, 2.45) is 12.0 Å². The summed E-state index contributed by atoms with van der Waals surface area (Å²) in [4.78, 5) is 4.62. The maximum Gasteiger partial charge on any atom is 0.191 e. The fraction of sp³-hybridized carbons (Fsp3) is 0.562. The van der Waals surface area contributed by atoms with Crippen molar-refractivity contribution < 1.29 is 0 Å². The molecule has 0 saturated carbocycles. The second kappa shape index (κ2) is 8.97. The lowest BCUT2D eigenvalue weighted by molar-refractivity contribution is 0.655. The highest BCUT2D eigenvalue weighted by molar-refractivity contribution is 5.79. The minimum atomic E-state index is 0.516. The molecule has 0 fully saturated rings. The minimum absolute atomic E-state index is 0.516. The Balaban J connectivity index is 1.89. The Morgan fingerprint density at radius 3 is 2.57 bits per heavy atom. The van der Waals surface area contributed by atoms with E-state index in [9.17, 15) is 0 Å². The molecule has 0 atom stereocenters. The van der Waals surface area contributed by atoms with Crippen LogP contribution in [0.15, 0.2) is 29.5 Å². The van der Waals surface area contributed by atoms with Crippen molar-refractivity contribution in [3.63, 3.8) is 0 Å². The van der Waals surface area contributed by atoms with Gasteiger partial charge in [0.2, 0.25) is 0 Å². The van der Waals surface area contributed by atoms with Crippen LogP contribution in [0.2, 0.25) is 0 Å². The van der Waals surface area contributed by atoms with Gasteiger partial charge in [0.15, 0.2) is 11.8 Å². The van der Waals surface area contributed by atoms with Crippen molar-refractivity contribution in [1.82, 2.24) is 30.0 Å². The molecule has 7 nitrogen and oxygen atoms in total. The molecular weight excluding hydrogens is 290 g/mol. The molecule has 0 aliphatic carbocycles. The Labute approximate surface area is 137 Å². The van der Waals surface area contributed by atoms with E-state index in [-0.39, 0.29) is 0 Å². The second-order valence-electron chi connectivity index (χ2n) is 5.52. The lowest BCUT2D eigenvalue weighted by atomic mass is 10.3. The highest BCUT2D eigenvalue weighted by Crippen LogP contribution is 1.99. The Morgan fingerprint density at radius 2 is 1.91 bits per heavy atom. The van der Waals surface area contributed by atoms with Gasteiger partial charge in [-0.05, 0) is 25.5 Å². The van der Waals surface area contributed by atoms with Crippen molar-refractivity contribution in [3.05, 3.63) is 36.2 Å². The zero-order valence-electron chi connectivity index (χ0n) is 14.3.